The highest BCUT2D eigenvalue weighted by molar-refractivity contribution is 6.30. The maximum absolute atomic E-state index is 6.13. The van der Waals surface area contributed by atoms with Crippen molar-refractivity contribution in [3.8, 4) is 17.0 Å². The number of ether oxygens (including phenoxy) is 2. The van der Waals surface area contributed by atoms with Crippen molar-refractivity contribution < 1.29 is 9.47 Å². The Kier molecular flexibility index (Phi) is 4.69. The van der Waals surface area contributed by atoms with E-state index in [-0.39, 0.29) is 6.79 Å². The molecule has 0 amide bonds. The second-order valence-electron chi connectivity index (χ2n) is 7.96. The largest absolute Gasteiger partial charge is 0.467 e. The second-order valence-corrected chi connectivity index (χ2v) is 8.40. The molecule has 28 heavy (non-hydrogen) atoms. The van der Waals surface area contributed by atoms with E-state index in [1.807, 2.05) is 24.4 Å². The average molecular weight is 399 g/mol. The fourth-order valence-electron chi connectivity index (χ4n) is 4.87. The summed E-state index contributed by atoms with van der Waals surface area (Å²) in [5.41, 5.74) is 2.43. The van der Waals surface area contributed by atoms with Crippen LogP contribution in [0.5, 0.6) is 5.75 Å². The topological polar surface area (TPSA) is 62.1 Å². The number of nitrogens with zero attached hydrogens (tertiary/aromatic N) is 4. The number of methoxy groups -OCH3 is 1. The van der Waals surface area contributed by atoms with E-state index in [1.54, 1.807) is 13.2 Å². The molecule has 2 bridgehead atoms. The number of hydrogen-bond acceptors (Lipinski definition) is 5. The maximum Gasteiger partial charge on any atom is 0.188 e. The van der Waals surface area contributed by atoms with E-state index >= 15 is 0 Å². The minimum Gasteiger partial charge on any atom is -0.467 e. The summed E-state index contributed by atoms with van der Waals surface area (Å²) in [4.78, 5) is 0. The lowest BCUT2D eigenvalue weighted by Crippen LogP contribution is -2.20. The van der Waals surface area contributed by atoms with Crippen molar-refractivity contribution >= 4 is 22.6 Å². The van der Waals surface area contributed by atoms with Crippen molar-refractivity contribution in [1.82, 2.24) is 20.0 Å². The zero-order valence-corrected chi connectivity index (χ0v) is 16.6. The zero-order chi connectivity index (χ0) is 19.1. The summed E-state index contributed by atoms with van der Waals surface area (Å²) >= 11 is 6.13. The summed E-state index contributed by atoms with van der Waals surface area (Å²) in [6.45, 7) is 0.144. The predicted molar refractivity (Wildman–Crippen MR) is 107 cm³/mol. The first-order valence-corrected chi connectivity index (χ1v) is 10.2. The molecule has 5 rings (SSSR count). The number of fused-ring (bicyclic) bond motifs is 3. The summed E-state index contributed by atoms with van der Waals surface area (Å²) in [6.07, 6.45) is 8.46. The molecule has 0 aliphatic heterocycles. The third-order valence-corrected chi connectivity index (χ3v) is 6.33. The predicted octanol–water partition coefficient (Wildman–Crippen LogP) is 4.88. The first kappa shape index (κ1) is 17.9. The fraction of sp³-hybridized carbons (Fsp3) is 0.476. The molecule has 2 unspecified atom stereocenters. The van der Waals surface area contributed by atoms with Crippen molar-refractivity contribution in [2.75, 3.05) is 13.9 Å². The van der Waals surface area contributed by atoms with Crippen molar-refractivity contribution in [2.24, 2.45) is 11.8 Å². The molecule has 0 radical (unpaired) electrons. The van der Waals surface area contributed by atoms with Crippen molar-refractivity contribution in [3.63, 3.8) is 0 Å². The van der Waals surface area contributed by atoms with Crippen LogP contribution in [0.15, 0.2) is 30.5 Å². The molecule has 3 atom stereocenters. The van der Waals surface area contributed by atoms with Gasteiger partial charge >= 0.3 is 0 Å². The highest BCUT2D eigenvalue weighted by Gasteiger charge is 2.35. The fourth-order valence-corrected chi connectivity index (χ4v) is 5.03. The monoisotopic (exact) mass is 398 g/mol. The number of rotatable bonds is 5. The van der Waals surface area contributed by atoms with Crippen molar-refractivity contribution in [3.05, 3.63) is 35.5 Å². The summed E-state index contributed by atoms with van der Waals surface area (Å²) in [7, 11) is 1.59. The number of hydrogen-bond donors (Lipinski definition) is 0. The molecule has 0 N–H and O–H groups in total. The minimum atomic E-state index is 0.144. The van der Waals surface area contributed by atoms with Crippen LogP contribution in [0.2, 0.25) is 5.02 Å². The third-order valence-electron chi connectivity index (χ3n) is 6.10. The summed E-state index contributed by atoms with van der Waals surface area (Å²) < 4.78 is 12.8. The summed E-state index contributed by atoms with van der Waals surface area (Å²) in [5.74, 6) is 2.33. The molecule has 2 heterocycles. The SMILES string of the molecule is COCOc1cc(Cl)ccc1-c1cc2cnn(C3CC4CC[C@@H](C4)C3)c2nn1. The molecule has 0 spiro atoms. The Labute approximate surface area is 168 Å². The van der Waals surface area contributed by atoms with Gasteiger partial charge in [-0.25, -0.2) is 4.68 Å². The van der Waals surface area contributed by atoms with Crippen LogP contribution in [0.4, 0.5) is 0 Å². The van der Waals surface area contributed by atoms with Crippen molar-refractivity contribution in [1.29, 1.82) is 0 Å². The van der Waals surface area contributed by atoms with Crippen LogP contribution < -0.4 is 4.74 Å². The molecule has 2 fully saturated rings. The van der Waals surface area contributed by atoms with Gasteiger partial charge in [0.15, 0.2) is 12.4 Å². The first-order chi connectivity index (χ1) is 13.7. The Morgan fingerprint density at radius 1 is 1.11 bits per heavy atom. The molecule has 7 heteroatoms. The van der Waals surface area contributed by atoms with Gasteiger partial charge in [0.2, 0.25) is 0 Å². The third kappa shape index (κ3) is 3.25. The van der Waals surface area contributed by atoms with Gasteiger partial charge in [-0.2, -0.15) is 5.10 Å². The highest BCUT2D eigenvalue weighted by atomic mass is 35.5. The van der Waals surface area contributed by atoms with E-state index in [9.17, 15) is 0 Å². The van der Waals surface area contributed by atoms with Gasteiger partial charge in [-0.15, -0.1) is 10.2 Å². The van der Waals surface area contributed by atoms with Gasteiger partial charge in [0.1, 0.15) is 5.75 Å². The van der Waals surface area contributed by atoms with Crippen LogP contribution in [0.1, 0.15) is 38.1 Å². The van der Waals surface area contributed by atoms with E-state index in [0.29, 0.717) is 16.8 Å². The van der Waals surface area contributed by atoms with E-state index in [0.717, 1.165) is 34.1 Å². The molecule has 0 saturated heterocycles. The smallest absolute Gasteiger partial charge is 0.188 e. The molecule has 3 aromatic rings. The van der Waals surface area contributed by atoms with E-state index < -0.39 is 0 Å². The second kappa shape index (κ2) is 7.33. The molecule has 2 aliphatic carbocycles. The van der Waals surface area contributed by atoms with Gasteiger partial charge in [0.05, 0.1) is 17.9 Å². The van der Waals surface area contributed by atoms with Crippen LogP contribution in [-0.2, 0) is 4.74 Å². The van der Waals surface area contributed by atoms with Crippen LogP contribution in [-0.4, -0.2) is 33.9 Å². The van der Waals surface area contributed by atoms with E-state index in [4.69, 9.17) is 21.1 Å². The van der Waals surface area contributed by atoms with Gasteiger partial charge < -0.3 is 9.47 Å². The van der Waals surface area contributed by atoms with E-state index in [2.05, 4.69) is 20.0 Å². The Bertz CT molecular complexity index is 993. The quantitative estimate of drug-likeness (QED) is 0.573. The molecule has 2 aromatic heterocycles. The minimum absolute atomic E-state index is 0.144. The van der Waals surface area contributed by atoms with E-state index in [1.165, 1.54) is 32.1 Å². The normalized spacial score (nSPS) is 24.0. The lowest BCUT2D eigenvalue weighted by Gasteiger charge is -2.27. The van der Waals surface area contributed by atoms with Gasteiger partial charge in [-0.1, -0.05) is 24.4 Å². The molecule has 146 valence electrons. The Balaban J connectivity index is 1.48. The average Bonchev–Trinajstić information content (AvgIpc) is 3.28. The number of benzene rings is 1. The number of halogens is 1. The van der Waals surface area contributed by atoms with Gasteiger partial charge in [0, 0.05) is 23.1 Å². The molecule has 1 aromatic carbocycles. The van der Waals surface area contributed by atoms with Crippen LogP contribution >= 0.6 is 11.6 Å². The standard InChI is InChI=1S/C21H23ClN4O2/c1-27-12-28-20-10-16(22)4-5-18(20)19-9-15-11-23-26(21(15)25-24-19)17-7-13-2-3-14(6-13)8-17/h4-5,9-11,13-14,17H,2-3,6-8,12H2,1H3/t13-,14?,17?/m0/s1. The van der Waals surface area contributed by atoms with Crippen LogP contribution in [0.25, 0.3) is 22.3 Å². The first-order valence-electron chi connectivity index (χ1n) is 9.84. The Hall–Kier alpha value is -2.18. The van der Waals surface area contributed by atoms with Gasteiger partial charge in [-0.3, -0.25) is 0 Å². The molecular formula is C21H23ClN4O2. The lowest BCUT2D eigenvalue weighted by atomic mass is 9.85. The zero-order valence-electron chi connectivity index (χ0n) is 15.8. The highest BCUT2D eigenvalue weighted by Crippen LogP contribution is 2.46. The Morgan fingerprint density at radius 2 is 1.93 bits per heavy atom. The summed E-state index contributed by atoms with van der Waals surface area (Å²) in [5, 5.41) is 15.3. The van der Waals surface area contributed by atoms with Crippen LogP contribution in [0.3, 0.4) is 0 Å². The van der Waals surface area contributed by atoms with Crippen molar-refractivity contribution in [2.45, 2.75) is 38.1 Å². The van der Waals surface area contributed by atoms with Gasteiger partial charge in [-0.05, 0) is 55.4 Å². The van der Waals surface area contributed by atoms with Crippen LogP contribution in [0, 0.1) is 11.8 Å². The molecule has 6 nitrogen and oxygen atoms in total. The lowest BCUT2D eigenvalue weighted by molar-refractivity contribution is 0.0515. The molecule has 2 aliphatic rings. The van der Waals surface area contributed by atoms with Gasteiger partial charge in [0.25, 0.3) is 0 Å². The maximum atomic E-state index is 6.13. The Morgan fingerprint density at radius 3 is 2.71 bits per heavy atom. The summed E-state index contributed by atoms with van der Waals surface area (Å²) in [6, 6.07) is 7.95. The molecule has 2 saturated carbocycles. The number of aromatic nitrogens is 4. The molecular weight excluding hydrogens is 376 g/mol.